The molecule has 0 fully saturated rings. The second-order valence-electron chi connectivity index (χ2n) is 3.55. The van der Waals surface area contributed by atoms with E-state index in [0.717, 1.165) is 11.3 Å². The first kappa shape index (κ1) is 10.3. The van der Waals surface area contributed by atoms with Crippen LogP contribution in [0.3, 0.4) is 0 Å². The molecule has 1 unspecified atom stereocenters. The SMILES string of the molecule is Cc1nc2nc(C(C)O)[nH]n2c(=S)c1C. The number of aromatic nitrogens is 4. The van der Waals surface area contributed by atoms with E-state index in [1.165, 1.54) is 0 Å². The molecule has 0 saturated heterocycles. The standard InChI is InChI=1S/C9H12N4OS/c1-4-5(2)10-9-11-7(6(3)14)12-13(9)8(4)15/h6,14H,1-3H3,(H,10,11,12). The zero-order chi connectivity index (χ0) is 11.2. The molecule has 80 valence electrons. The van der Waals surface area contributed by atoms with Crippen molar-refractivity contribution in [3.63, 3.8) is 0 Å². The summed E-state index contributed by atoms with van der Waals surface area (Å²) in [4.78, 5) is 8.44. The largest absolute Gasteiger partial charge is 0.385 e. The van der Waals surface area contributed by atoms with Crippen molar-refractivity contribution in [3.8, 4) is 0 Å². The third-order valence-electron chi connectivity index (χ3n) is 2.38. The maximum atomic E-state index is 9.39. The van der Waals surface area contributed by atoms with E-state index in [0.29, 0.717) is 16.2 Å². The van der Waals surface area contributed by atoms with Gasteiger partial charge in [-0.1, -0.05) is 12.2 Å². The predicted molar refractivity (Wildman–Crippen MR) is 58.3 cm³/mol. The van der Waals surface area contributed by atoms with Gasteiger partial charge in [-0.3, -0.25) is 5.10 Å². The third-order valence-corrected chi connectivity index (χ3v) is 2.87. The van der Waals surface area contributed by atoms with Crippen LogP contribution in [0.4, 0.5) is 0 Å². The Morgan fingerprint density at radius 3 is 2.67 bits per heavy atom. The number of H-pyrrole nitrogens is 1. The summed E-state index contributed by atoms with van der Waals surface area (Å²) in [6, 6.07) is 0. The minimum Gasteiger partial charge on any atom is -0.385 e. The number of nitrogens with one attached hydrogen (secondary N) is 1. The number of nitrogens with zero attached hydrogens (tertiary/aromatic N) is 3. The van der Waals surface area contributed by atoms with Crippen LogP contribution in [-0.4, -0.2) is 24.7 Å². The normalized spacial score (nSPS) is 13.3. The van der Waals surface area contributed by atoms with Crippen molar-refractivity contribution >= 4 is 18.0 Å². The van der Waals surface area contributed by atoms with E-state index >= 15 is 0 Å². The molecular formula is C9H12N4OS. The molecule has 0 saturated carbocycles. The molecule has 0 aliphatic rings. The Kier molecular flexibility index (Phi) is 2.32. The van der Waals surface area contributed by atoms with Crippen LogP contribution in [0.15, 0.2) is 0 Å². The Bertz CT molecular complexity index is 569. The predicted octanol–water partition coefficient (Wildman–Crippen LogP) is 1.46. The molecule has 2 rings (SSSR count). The molecule has 0 aliphatic carbocycles. The minimum atomic E-state index is -0.651. The van der Waals surface area contributed by atoms with Gasteiger partial charge in [0, 0.05) is 11.3 Å². The topological polar surface area (TPSA) is 66.2 Å². The molecule has 2 aromatic heterocycles. The Hall–Kier alpha value is -1.27. The number of hydrogen-bond acceptors (Lipinski definition) is 4. The molecule has 0 amide bonds. The summed E-state index contributed by atoms with van der Waals surface area (Å²) in [5, 5.41) is 12.3. The molecule has 15 heavy (non-hydrogen) atoms. The molecule has 6 heteroatoms. The van der Waals surface area contributed by atoms with Crippen LogP contribution in [0.5, 0.6) is 0 Å². The van der Waals surface area contributed by atoms with Gasteiger partial charge >= 0.3 is 0 Å². The van der Waals surface area contributed by atoms with Gasteiger partial charge in [-0.25, -0.2) is 9.50 Å². The lowest BCUT2D eigenvalue weighted by molar-refractivity contribution is 0.189. The molecule has 2 aromatic rings. The quantitative estimate of drug-likeness (QED) is 0.720. The van der Waals surface area contributed by atoms with E-state index in [9.17, 15) is 5.11 Å². The molecule has 2 heterocycles. The molecule has 0 radical (unpaired) electrons. The van der Waals surface area contributed by atoms with Crippen molar-refractivity contribution in [2.75, 3.05) is 0 Å². The maximum Gasteiger partial charge on any atom is 0.252 e. The first-order valence-corrected chi connectivity index (χ1v) is 5.05. The van der Waals surface area contributed by atoms with Gasteiger partial charge in [0.1, 0.15) is 10.7 Å². The number of aromatic amines is 1. The summed E-state index contributed by atoms with van der Waals surface area (Å²) < 4.78 is 2.26. The monoisotopic (exact) mass is 224 g/mol. The van der Waals surface area contributed by atoms with Crippen molar-refractivity contribution in [2.45, 2.75) is 26.9 Å². The first-order chi connectivity index (χ1) is 7.00. The number of aryl methyl sites for hydroxylation is 1. The van der Waals surface area contributed by atoms with Crippen molar-refractivity contribution in [1.29, 1.82) is 0 Å². The van der Waals surface area contributed by atoms with Crippen LogP contribution in [0.1, 0.15) is 30.1 Å². The van der Waals surface area contributed by atoms with Crippen molar-refractivity contribution < 1.29 is 5.11 Å². The number of aliphatic hydroxyl groups is 1. The van der Waals surface area contributed by atoms with Crippen LogP contribution in [0.2, 0.25) is 0 Å². The lowest BCUT2D eigenvalue weighted by Gasteiger charge is -1.99. The van der Waals surface area contributed by atoms with Gasteiger partial charge in [-0.05, 0) is 20.8 Å². The Labute approximate surface area is 91.8 Å². The van der Waals surface area contributed by atoms with E-state index in [1.54, 1.807) is 11.4 Å². The third kappa shape index (κ3) is 1.55. The number of aliphatic hydroxyl groups excluding tert-OH is 1. The summed E-state index contributed by atoms with van der Waals surface area (Å²) in [6.07, 6.45) is -0.651. The number of rotatable bonds is 1. The van der Waals surface area contributed by atoms with Crippen molar-refractivity contribution in [2.24, 2.45) is 0 Å². The average molecular weight is 224 g/mol. The second kappa shape index (κ2) is 3.39. The molecule has 2 N–H and O–H groups in total. The highest BCUT2D eigenvalue weighted by Gasteiger charge is 2.10. The lowest BCUT2D eigenvalue weighted by atomic mass is 10.3. The van der Waals surface area contributed by atoms with Crippen LogP contribution in [0, 0.1) is 18.5 Å². The van der Waals surface area contributed by atoms with Gasteiger partial charge in [0.25, 0.3) is 5.78 Å². The first-order valence-electron chi connectivity index (χ1n) is 4.64. The summed E-state index contributed by atoms with van der Waals surface area (Å²) in [5.41, 5.74) is 1.81. The Morgan fingerprint density at radius 2 is 2.07 bits per heavy atom. The molecule has 0 aromatic carbocycles. The van der Waals surface area contributed by atoms with Crippen LogP contribution < -0.4 is 0 Å². The van der Waals surface area contributed by atoms with Crippen molar-refractivity contribution in [3.05, 3.63) is 21.7 Å². The van der Waals surface area contributed by atoms with E-state index < -0.39 is 6.10 Å². The summed E-state index contributed by atoms with van der Waals surface area (Å²) in [6.45, 7) is 5.45. The molecule has 0 aliphatic heterocycles. The van der Waals surface area contributed by atoms with Gasteiger partial charge in [-0.15, -0.1) is 0 Å². The fourth-order valence-corrected chi connectivity index (χ4v) is 1.58. The summed E-state index contributed by atoms with van der Waals surface area (Å²) >= 11 is 5.25. The van der Waals surface area contributed by atoms with E-state index in [1.807, 2.05) is 13.8 Å². The highest BCUT2D eigenvalue weighted by Crippen LogP contribution is 2.11. The van der Waals surface area contributed by atoms with E-state index in [4.69, 9.17) is 12.2 Å². The van der Waals surface area contributed by atoms with Crippen molar-refractivity contribution in [1.82, 2.24) is 19.6 Å². The van der Waals surface area contributed by atoms with Crippen LogP contribution in [0.25, 0.3) is 5.78 Å². The van der Waals surface area contributed by atoms with E-state index in [-0.39, 0.29) is 0 Å². The fraction of sp³-hybridized carbons (Fsp3) is 0.444. The second-order valence-corrected chi connectivity index (χ2v) is 3.93. The fourth-order valence-electron chi connectivity index (χ4n) is 1.31. The van der Waals surface area contributed by atoms with Gasteiger partial charge in [0.05, 0.1) is 0 Å². The van der Waals surface area contributed by atoms with Crippen LogP contribution >= 0.6 is 12.2 Å². The highest BCUT2D eigenvalue weighted by atomic mass is 32.1. The lowest BCUT2D eigenvalue weighted by Crippen LogP contribution is -1.99. The molecule has 0 spiro atoms. The van der Waals surface area contributed by atoms with Gasteiger partial charge in [-0.2, -0.15) is 4.98 Å². The highest BCUT2D eigenvalue weighted by molar-refractivity contribution is 7.71. The maximum absolute atomic E-state index is 9.39. The minimum absolute atomic E-state index is 0.471. The molecule has 0 bridgehead atoms. The number of hydrogen-bond donors (Lipinski definition) is 2. The molecular weight excluding hydrogens is 212 g/mol. The number of fused-ring (bicyclic) bond motifs is 1. The zero-order valence-electron chi connectivity index (χ0n) is 8.77. The Balaban J connectivity index is 2.82. The van der Waals surface area contributed by atoms with Gasteiger partial charge in [0.15, 0.2) is 5.82 Å². The summed E-state index contributed by atoms with van der Waals surface area (Å²) in [5.74, 6) is 0.970. The molecule has 1 atom stereocenters. The average Bonchev–Trinajstić information content (AvgIpc) is 2.58. The Morgan fingerprint density at radius 1 is 1.40 bits per heavy atom. The summed E-state index contributed by atoms with van der Waals surface area (Å²) in [7, 11) is 0. The molecule has 5 nitrogen and oxygen atoms in total. The van der Waals surface area contributed by atoms with Gasteiger partial charge < -0.3 is 5.11 Å². The van der Waals surface area contributed by atoms with E-state index in [2.05, 4.69) is 15.1 Å². The zero-order valence-corrected chi connectivity index (χ0v) is 9.59. The van der Waals surface area contributed by atoms with Gasteiger partial charge in [0.2, 0.25) is 0 Å². The van der Waals surface area contributed by atoms with Crippen LogP contribution in [-0.2, 0) is 0 Å². The smallest absolute Gasteiger partial charge is 0.252 e.